The summed E-state index contributed by atoms with van der Waals surface area (Å²) in [6.45, 7) is 14.9. The maximum Gasteiger partial charge on any atom is 0.278 e. The fourth-order valence-corrected chi connectivity index (χ4v) is 4.86. The summed E-state index contributed by atoms with van der Waals surface area (Å²) in [4.78, 5) is 27.2. The Balaban J connectivity index is 1.45. The molecule has 4 aromatic rings. The van der Waals surface area contributed by atoms with Gasteiger partial charge in [-0.1, -0.05) is 36.4 Å². The molecule has 1 N–H and O–H groups in total. The zero-order chi connectivity index (χ0) is 25.9. The minimum atomic E-state index is -0.237. The summed E-state index contributed by atoms with van der Waals surface area (Å²) in [6, 6.07) is 16.7. The largest absolute Gasteiger partial charge is 0.369 e. The van der Waals surface area contributed by atoms with Crippen molar-refractivity contribution < 1.29 is 0 Å². The highest BCUT2D eigenvalue weighted by atomic mass is 16.1. The smallest absolute Gasteiger partial charge is 0.278 e. The highest BCUT2D eigenvalue weighted by molar-refractivity contribution is 5.90. The first kappa shape index (κ1) is 24.6. The van der Waals surface area contributed by atoms with E-state index >= 15 is 0 Å². The maximum absolute atomic E-state index is 13.0. The Morgan fingerprint density at radius 1 is 1.08 bits per heavy atom. The summed E-state index contributed by atoms with van der Waals surface area (Å²) in [5.74, 6) is 0.421. The first-order chi connectivity index (χ1) is 17.9. The van der Waals surface area contributed by atoms with Crippen molar-refractivity contribution in [2.45, 2.75) is 33.4 Å². The van der Waals surface area contributed by atoms with Crippen LogP contribution in [0.3, 0.4) is 0 Å². The molecule has 3 heterocycles. The number of nitrogens with one attached hydrogen (secondary N) is 1. The minimum absolute atomic E-state index is 0.237. The van der Waals surface area contributed by atoms with Gasteiger partial charge in [-0.2, -0.15) is 5.10 Å². The molecule has 1 saturated heterocycles. The quantitative estimate of drug-likeness (QED) is 0.375. The molecule has 2 aromatic heterocycles. The van der Waals surface area contributed by atoms with E-state index in [1.165, 1.54) is 15.9 Å². The molecule has 0 bridgehead atoms. The molecule has 0 atom stereocenters. The average molecular weight is 496 g/mol. The third-order valence-electron chi connectivity index (χ3n) is 6.89. The van der Waals surface area contributed by atoms with Crippen LogP contribution in [-0.2, 0) is 6.54 Å². The zero-order valence-corrected chi connectivity index (χ0v) is 21.7. The summed E-state index contributed by atoms with van der Waals surface area (Å²) < 4.78 is 1.40. The Labute approximate surface area is 217 Å². The van der Waals surface area contributed by atoms with Gasteiger partial charge in [0.05, 0.1) is 11.9 Å². The predicted octanol–water partition coefficient (Wildman–Crippen LogP) is 4.62. The van der Waals surface area contributed by atoms with E-state index < -0.39 is 0 Å². The van der Waals surface area contributed by atoms with Crippen LogP contribution < -0.4 is 15.8 Å². The van der Waals surface area contributed by atoms with Gasteiger partial charge in [0.1, 0.15) is 11.2 Å². The average Bonchev–Trinajstić information content (AvgIpc) is 2.91. The summed E-state index contributed by atoms with van der Waals surface area (Å²) >= 11 is 0. The Kier molecular flexibility index (Phi) is 7.01. The van der Waals surface area contributed by atoms with Gasteiger partial charge in [0.2, 0.25) is 5.95 Å². The fraction of sp³-hybridized carbons (Fsp3) is 0.310. The Bertz CT molecular complexity index is 1470. The van der Waals surface area contributed by atoms with Gasteiger partial charge in [0.15, 0.2) is 0 Å². The maximum atomic E-state index is 13.0. The molecule has 0 aliphatic carbocycles. The molecule has 8 heteroatoms. The number of fused-ring (bicyclic) bond motifs is 1. The fourth-order valence-electron chi connectivity index (χ4n) is 4.86. The van der Waals surface area contributed by atoms with E-state index in [0.29, 0.717) is 35.1 Å². The van der Waals surface area contributed by atoms with Crippen LogP contribution >= 0.6 is 0 Å². The lowest BCUT2D eigenvalue weighted by Crippen LogP contribution is -2.49. The van der Waals surface area contributed by atoms with Gasteiger partial charge < -0.3 is 10.2 Å². The third kappa shape index (κ3) is 5.11. The molecule has 0 saturated carbocycles. The first-order valence-corrected chi connectivity index (χ1v) is 12.8. The standard InChI is InChI=1S/C29H33N7O/c1-5-13-36-28(37)24-19-30-29(32-27(24)26(33-36)22-9-7-6-8-10-22)31-23-11-12-25(21(4)18-23)35-16-14-34(15-17-35)20(2)3/h5-12,18-20H,1,13-17H2,2-4H3,(H,30,31,32). The van der Waals surface area contributed by atoms with Crippen molar-refractivity contribution in [3.8, 4) is 11.3 Å². The van der Waals surface area contributed by atoms with Gasteiger partial charge in [-0.25, -0.2) is 14.6 Å². The topological polar surface area (TPSA) is 79.2 Å². The number of allylic oxidation sites excluding steroid dienone is 1. The zero-order valence-electron chi connectivity index (χ0n) is 21.7. The van der Waals surface area contributed by atoms with Crippen molar-refractivity contribution in [3.63, 3.8) is 0 Å². The second-order valence-corrected chi connectivity index (χ2v) is 9.69. The summed E-state index contributed by atoms with van der Waals surface area (Å²) in [6.07, 6.45) is 3.23. The van der Waals surface area contributed by atoms with Crippen molar-refractivity contribution in [2.75, 3.05) is 36.4 Å². The monoisotopic (exact) mass is 495 g/mol. The van der Waals surface area contributed by atoms with Crippen LogP contribution in [0.1, 0.15) is 19.4 Å². The van der Waals surface area contributed by atoms with Crippen molar-refractivity contribution in [2.24, 2.45) is 0 Å². The van der Waals surface area contributed by atoms with E-state index in [1.807, 2.05) is 30.3 Å². The van der Waals surface area contributed by atoms with Crippen LogP contribution in [0.15, 0.2) is 72.2 Å². The number of aryl methyl sites for hydroxylation is 1. The molecule has 5 rings (SSSR count). The van der Waals surface area contributed by atoms with Crippen LogP contribution in [-0.4, -0.2) is 56.9 Å². The molecule has 0 spiro atoms. The first-order valence-electron chi connectivity index (χ1n) is 12.8. The van der Waals surface area contributed by atoms with Gasteiger partial charge >= 0.3 is 0 Å². The van der Waals surface area contributed by atoms with Crippen LogP contribution in [0, 0.1) is 6.92 Å². The number of benzene rings is 2. The molecule has 190 valence electrons. The molecule has 8 nitrogen and oxygen atoms in total. The van der Waals surface area contributed by atoms with Crippen molar-refractivity contribution >= 4 is 28.2 Å². The van der Waals surface area contributed by atoms with E-state index in [2.05, 4.69) is 70.7 Å². The van der Waals surface area contributed by atoms with Gasteiger partial charge in [0, 0.05) is 55.4 Å². The summed E-state index contributed by atoms with van der Waals surface area (Å²) in [5, 5.41) is 8.36. The lowest BCUT2D eigenvalue weighted by molar-refractivity contribution is 0.209. The molecule has 37 heavy (non-hydrogen) atoms. The molecule has 0 radical (unpaired) electrons. The van der Waals surface area contributed by atoms with E-state index in [1.54, 1.807) is 12.3 Å². The lowest BCUT2D eigenvalue weighted by Gasteiger charge is -2.38. The van der Waals surface area contributed by atoms with E-state index in [9.17, 15) is 4.79 Å². The molecular formula is C29H33N7O. The Morgan fingerprint density at radius 3 is 2.51 bits per heavy atom. The van der Waals surface area contributed by atoms with Gasteiger partial charge in [0.25, 0.3) is 5.56 Å². The van der Waals surface area contributed by atoms with Crippen LogP contribution in [0.2, 0.25) is 0 Å². The number of piperazine rings is 1. The van der Waals surface area contributed by atoms with Crippen molar-refractivity contribution in [1.82, 2.24) is 24.6 Å². The highest BCUT2D eigenvalue weighted by Gasteiger charge is 2.20. The van der Waals surface area contributed by atoms with E-state index in [0.717, 1.165) is 37.4 Å². The predicted molar refractivity (Wildman–Crippen MR) is 151 cm³/mol. The number of rotatable bonds is 7. The summed E-state index contributed by atoms with van der Waals surface area (Å²) in [7, 11) is 0. The molecule has 2 aromatic carbocycles. The van der Waals surface area contributed by atoms with E-state index in [4.69, 9.17) is 4.98 Å². The number of hydrogen-bond donors (Lipinski definition) is 1. The second-order valence-electron chi connectivity index (χ2n) is 9.69. The lowest BCUT2D eigenvalue weighted by atomic mass is 10.1. The van der Waals surface area contributed by atoms with Crippen LogP contribution in [0.5, 0.6) is 0 Å². The minimum Gasteiger partial charge on any atom is -0.369 e. The number of aromatic nitrogens is 4. The van der Waals surface area contributed by atoms with Crippen LogP contribution in [0.25, 0.3) is 22.2 Å². The Morgan fingerprint density at radius 2 is 1.84 bits per heavy atom. The molecule has 1 fully saturated rings. The molecule has 0 unspecified atom stereocenters. The highest BCUT2D eigenvalue weighted by Crippen LogP contribution is 2.28. The Hall–Kier alpha value is -4.04. The second kappa shape index (κ2) is 10.5. The van der Waals surface area contributed by atoms with Gasteiger partial charge in [-0.3, -0.25) is 9.69 Å². The van der Waals surface area contributed by atoms with Crippen molar-refractivity contribution in [1.29, 1.82) is 0 Å². The molecular weight excluding hydrogens is 462 g/mol. The normalized spacial score (nSPS) is 14.3. The van der Waals surface area contributed by atoms with Crippen molar-refractivity contribution in [3.05, 3.63) is 83.3 Å². The summed E-state index contributed by atoms with van der Waals surface area (Å²) in [5.41, 5.74) is 5.15. The van der Waals surface area contributed by atoms with Gasteiger partial charge in [-0.15, -0.1) is 6.58 Å². The van der Waals surface area contributed by atoms with Crippen LogP contribution in [0.4, 0.5) is 17.3 Å². The van der Waals surface area contributed by atoms with E-state index in [-0.39, 0.29) is 5.56 Å². The molecule has 1 aliphatic rings. The molecule has 0 amide bonds. The number of nitrogens with zero attached hydrogens (tertiary/aromatic N) is 6. The third-order valence-corrected chi connectivity index (χ3v) is 6.89. The number of hydrogen-bond acceptors (Lipinski definition) is 7. The van der Waals surface area contributed by atoms with Gasteiger partial charge in [-0.05, 0) is 44.5 Å². The molecule has 1 aliphatic heterocycles. The SMILES string of the molecule is C=CCn1nc(-c2ccccc2)c2nc(Nc3ccc(N4CCN(C(C)C)CC4)c(C)c3)ncc2c1=O. The number of anilines is 3.